The largest absolute Gasteiger partial charge is 0.378 e. The van der Waals surface area contributed by atoms with Crippen molar-refractivity contribution >= 4 is 29.2 Å². The lowest BCUT2D eigenvalue weighted by Crippen LogP contribution is -2.36. The molecule has 0 unspecified atom stereocenters. The van der Waals surface area contributed by atoms with E-state index in [4.69, 9.17) is 4.74 Å². The van der Waals surface area contributed by atoms with Crippen LogP contribution in [-0.4, -0.2) is 42.1 Å². The van der Waals surface area contributed by atoms with Gasteiger partial charge in [0.2, 0.25) is 0 Å². The van der Waals surface area contributed by atoms with Gasteiger partial charge in [-0.3, -0.25) is 14.9 Å². The topological polar surface area (TPSA) is 97.6 Å². The van der Waals surface area contributed by atoms with Crippen molar-refractivity contribution in [3.63, 3.8) is 0 Å². The summed E-state index contributed by atoms with van der Waals surface area (Å²) in [5, 5.41) is 14.0. The number of nitro benzene ring substituents is 1. The van der Waals surface area contributed by atoms with Gasteiger partial charge in [-0.15, -0.1) is 0 Å². The molecule has 170 valence electrons. The van der Waals surface area contributed by atoms with Gasteiger partial charge in [0.15, 0.2) is 0 Å². The summed E-state index contributed by atoms with van der Waals surface area (Å²) in [6, 6.07) is 13.9. The van der Waals surface area contributed by atoms with Crippen LogP contribution in [0.5, 0.6) is 0 Å². The first kappa shape index (κ1) is 22.7. The maximum absolute atomic E-state index is 14.1. The van der Waals surface area contributed by atoms with E-state index >= 15 is 0 Å². The molecular weight excluding hydrogens is 447 g/mol. The van der Waals surface area contributed by atoms with Crippen molar-refractivity contribution in [1.82, 2.24) is 10.3 Å². The molecule has 2 heterocycles. The molecule has 33 heavy (non-hydrogen) atoms. The third-order valence-corrected chi connectivity index (χ3v) is 6.20. The lowest BCUT2D eigenvalue weighted by molar-refractivity contribution is -0.384. The summed E-state index contributed by atoms with van der Waals surface area (Å²) < 4.78 is 19.5. The minimum Gasteiger partial charge on any atom is -0.378 e. The first-order valence-corrected chi connectivity index (χ1v) is 11.1. The number of nitrogens with zero attached hydrogens (tertiary/aromatic N) is 3. The van der Waals surface area contributed by atoms with E-state index in [1.165, 1.54) is 24.3 Å². The molecule has 0 atom stereocenters. The monoisotopic (exact) mass is 468 g/mol. The molecule has 8 nitrogen and oxygen atoms in total. The molecule has 1 N–H and O–H groups in total. The van der Waals surface area contributed by atoms with Gasteiger partial charge in [-0.2, -0.15) is 0 Å². The van der Waals surface area contributed by atoms with Crippen LogP contribution >= 0.6 is 11.8 Å². The fraction of sp³-hybridized carbons (Fsp3) is 0.217. The number of nitro groups is 1. The fourth-order valence-corrected chi connectivity index (χ4v) is 4.27. The molecule has 2 aromatic carbocycles. The Labute approximate surface area is 193 Å². The Morgan fingerprint density at radius 2 is 1.94 bits per heavy atom. The summed E-state index contributed by atoms with van der Waals surface area (Å²) in [4.78, 5) is 30.9. The first-order valence-electron chi connectivity index (χ1n) is 10.3. The maximum atomic E-state index is 14.1. The Morgan fingerprint density at radius 1 is 1.15 bits per heavy atom. The molecule has 3 aromatic rings. The van der Waals surface area contributed by atoms with E-state index in [0.29, 0.717) is 23.0 Å². The summed E-state index contributed by atoms with van der Waals surface area (Å²) in [5.74, 6) is -0.0796. The quantitative estimate of drug-likeness (QED) is 0.413. The van der Waals surface area contributed by atoms with E-state index in [1.807, 2.05) is 12.1 Å². The van der Waals surface area contributed by atoms with Crippen molar-refractivity contribution in [2.45, 2.75) is 16.3 Å². The van der Waals surface area contributed by atoms with Crippen molar-refractivity contribution < 1.29 is 18.8 Å². The van der Waals surface area contributed by atoms with Gasteiger partial charge in [-0.05, 0) is 29.8 Å². The van der Waals surface area contributed by atoms with E-state index in [-0.39, 0.29) is 17.8 Å². The number of pyridine rings is 1. The van der Waals surface area contributed by atoms with Gasteiger partial charge >= 0.3 is 0 Å². The highest BCUT2D eigenvalue weighted by molar-refractivity contribution is 7.99. The van der Waals surface area contributed by atoms with E-state index in [9.17, 15) is 19.3 Å². The molecule has 1 fully saturated rings. The second-order valence-corrected chi connectivity index (χ2v) is 8.36. The molecule has 1 saturated heterocycles. The Hall–Kier alpha value is -3.50. The normalized spacial score (nSPS) is 13.5. The molecule has 10 heteroatoms. The summed E-state index contributed by atoms with van der Waals surface area (Å²) in [6.45, 7) is 3.07. The van der Waals surface area contributed by atoms with Gasteiger partial charge in [0.05, 0.1) is 23.7 Å². The van der Waals surface area contributed by atoms with Gasteiger partial charge in [-0.25, -0.2) is 9.37 Å². The van der Waals surface area contributed by atoms with Crippen LogP contribution in [0.3, 0.4) is 0 Å². The van der Waals surface area contributed by atoms with Crippen LogP contribution in [0.4, 0.5) is 15.9 Å². The van der Waals surface area contributed by atoms with Gasteiger partial charge in [0.25, 0.3) is 11.6 Å². The Morgan fingerprint density at radius 3 is 2.64 bits per heavy atom. The molecule has 0 spiro atoms. The van der Waals surface area contributed by atoms with Crippen molar-refractivity contribution in [3.05, 3.63) is 87.9 Å². The lowest BCUT2D eigenvalue weighted by Gasteiger charge is -2.27. The summed E-state index contributed by atoms with van der Waals surface area (Å²) in [6.07, 6.45) is 1.69. The molecule has 0 aliphatic carbocycles. The molecule has 4 rings (SSSR count). The predicted molar refractivity (Wildman–Crippen MR) is 122 cm³/mol. The average molecular weight is 469 g/mol. The van der Waals surface area contributed by atoms with Gasteiger partial charge in [0.1, 0.15) is 11.6 Å². The number of rotatable bonds is 7. The van der Waals surface area contributed by atoms with Gasteiger partial charge in [0, 0.05) is 47.8 Å². The third kappa shape index (κ3) is 5.65. The number of non-ortho nitro benzene ring substituents is 1. The van der Waals surface area contributed by atoms with Crippen LogP contribution < -0.4 is 10.2 Å². The smallest absolute Gasteiger partial charge is 0.270 e. The zero-order chi connectivity index (χ0) is 23.2. The van der Waals surface area contributed by atoms with Gasteiger partial charge in [-0.1, -0.05) is 30.0 Å². The maximum Gasteiger partial charge on any atom is 0.270 e. The SMILES string of the molecule is O=C(NCc1ccc(N2CCOCC2)nc1)c1cc([N+](=O)[O-])ccc1Sc1ccccc1F. The number of carbonyl (C=O) groups excluding carboxylic acids is 1. The van der Waals surface area contributed by atoms with Crippen LogP contribution in [0, 0.1) is 15.9 Å². The molecule has 1 aliphatic heterocycles. The minimum absolute atomic E-state index is 0.107. The predicted octanol–water partition coefficient (Wildman–Crippen LogP) is 4.05. The van der Waals surface area contributed by atoms with E-state index in [0.717, 1.165) is 36.2 Å². The number of hydrogen-bond donors (Lipinski definition) is 1. The molecule has 0 saturated carbocycles. The van der Waals surface area contributed by atoms with E-state index in [2.05, 4.69) is 15.2 Å². The first-order chi connectivity index (χ1) is 16.0. The lowest BCUT2D eigenvalue weighted by atomic mass is 10.2. The van der Waals surface area contributed by atoms with Crippen LogP contribution in [0.25, 0.3) is 0 Å². The van der Waals surface area contributed by atoms with Crippen molar-refractivity contribution in [2.75, 3.05) is 31.2 Å². The van der Waals surface area contributed by atoms with Gasteiger partial charge < -0.3 is 15.0 Å². The highest BCUT2D eigenvalue weighted by Crippen LogP contribution is 2.34. The number of carbonyl (C=O) groups is 1. The van der Waals surface area contributed by atoms with Crippen LogP contribution in [0.15, 0.2) is 70.6 Å². The number of ether oxygens (including phenoxy) is 1. The molecule has 0 radical (unpaired) electrons. The van der Waals surface area contributed by atoms with E-state index < -0.39 is 16.6 Å². The third-order valence-electron chi connectivity index (χ3n) is 5.07. The van der Waals surface area contributed by atoms with Crippen molar-refractivity contribution in [2.24, 2.45) is 0 Å². The number of anilines is 1. The molecule has 1 aromatic heterocycles. The molecule has 1 amide bonds. The van der Waals surface area contributed by atoms with Crippen molar-refractivity contribution in [3.8, 4) is 0 Å². The summed E-state index contributed by atoms with van der Waals surface area (Å²) in [7, 11) is 0. The van der Waals surface area contributed by atoms with E-state index in [1.54, 1.807) is 24.4 Å². The molecular formula is C23H21FN4O4S. The fourth-order valence-electron chi connectivity index (χ4n) is 3.32. The second-order valence-electron chi connectivity index (χ2n) is 7.28. The highest BCUT2D eigenvalue weighted by atomic mass is 32.2. The number of halogens is 1. The van der Waals surface area contributed by atoms with Crippen molar-refractivity contribution in [1.29, 1.82) is 0 Å². The number of aromatic nitrogens is 1. The van der Waals surface area contributed by atoms with Crippen LogP contribution in [-0.2, 0) is 11.3 Å². The number of nitrogens with one attached hydrogen (secondary N) is 1. The van der Waals surface area contributed by atoms with Crippen LogP contribution in [0.2, 0.25) is 0 Å². The Balaban J connectivity index is 1.48. The average Bonchev–Trinajstić information content (AvgIpc) is 2.85. The number of hydrogen-bond acceptors (Lipinski definition) is 7. The second kappa shape index (κ2) is 10.4. The summed E-state index contributed by atoms with van der Waals surface area (Å²) >= 11 is 1.04. The standard InChI is InChI=1S/C23H21FN4O4S/c24-19-3-1-2-4-21(19)33-20-7-6-17(28(30)31)13-18(20)23(29)26-15-16-5-8-22(25-14-16)27-9-11-32-12-10-27/h1-8,13-14H,9-12,15H2,(H,26,29). The molecule has 1 aliphatic rings. The number of benzene rings is 2. The highest BCUT2D eigenvalue weighted by Gasteiger charge is 2.19. The number of amides is 1. The molecule has 0 bridgehead atoms. The van der Waals surface area contributed by atoms with Crippen LogP contribution in [0.1, 0.15) is 15.9 Å². The minimum atomic E-state index is -0.567. The Bertz CT molecular complexity index is 1150. The zero-order valence-corrected chi connectivity index (χ0v) is 18.4. The Kier molecular flexibility index (Phi) is 7.16. The number of morpholine rings is 1. The summed E-state index contributed by atoms with van der Waals surface area (Å²) in [5.41, 5.74) is 0.680. The zero-order valence-electron chi connectivity index (χ0n) is 17.6.